The van der Waals surface area contributed by atoms with E-state index in [1.54, 1.807) is 12.1 Å². The zero-order valence-corrected chi connectivity index (χ0v) is 22.6. The number of piperidine rings is 1. The smallest absolute Gasteiger partial charge is 0.243 e. The fraction of sp³-hybridized carbons (Fsp3) is 0.400. The van der Waals surface area contributed by atoms with Gasteiger partial charge in [0.15, 0.2) is 0 Å². The third kappa shape index (κ3) is 6.27. The van der Waals surface area contributed by atoms with Gasteiger partial charge in [0.25, 0.3) is 0 Å². The molecule has 2 fully saturated rings. The molecule has 196 valence electrons. The van der Waals surface area contributed by atoms with Crippen LogP contribution >= 0.6 is 15.9 Å². The van der Waals surface area contributed by atoms with E-state index in [1.165, 1.54) is 16.4 Å². The molecule has 0 bridgehead atoms. The number of nitrogens with one attached hydrogen (secondary N) is 1. The standard InChI is InChI=1S/C25H28BrN5O5S/c26-20-3-1-2-19(16-20)24-28-23(36-29-24)17-30-10-8-18(9-11-30)25(32)27-21-4-6-22(7-5-21)37(33,34)31-12-14-35-15-13-31/h1-7,16,18H,8-15,17H2,(H,27,32). The molecule has 2 aromatic carbocycles. The van der Waals surface area contributed by atoms with Crippen molar-refractivity contribution in [3.05, 3.63) is 58.9 Å². The van der Waals surface area contributed by atoms with E-state index in [4.69, 9.17) is 9.26 Å². The normalized spacial score (nSPS) is 18.1. The molecule has 5 rings (SSSR count). The second kappa shape index (κ2) is 11.4. The monoisotopic (exact) mass is 589 g/mol. The zero-order chi connectivity index (χ0) is 25.8. The molecule has 10 nitrogen and oxygen atoms in total. The minimum Gasteiger partial charge on any atom is -0.379 e. The average Bonchev–Trinajstić information content (AvgIpc) is 3.38. The Balaban J connectivity index is 1.11. The summed E-state index contributed by atoms with van der Waals surface area (Å²) in [7, 11) is -3.56. The van der Waals surface area contributed by atoms with Crippen molar-refractivity contribution in [3.8, 4) is 11.4 Å². The molecular weight excluding hydrogens is 562 g/mol. The number of morpholine rings is 1. The number of anilines is 1. The zero-order valence-electron chi connectivity index (χ0n) is 20.2. The lowest BCUT2D eigenvalue weighted by Gasteiger charge is -2.30. The van der Waals surface area contributed by atoms with Crippen molar-refractivity contribution in [3.63, 3.8) is 0 Å². The van der Waals surface area contributed by atoms with Gasteiger partial charge in [0, 0.05) is 34.7 Å². The number of likely N-dealkylation sites (tertiary alicyclic amines) is 1. The number of benzene rings is 2. The van der Waals surface area contributed by atoms with Crippen molar-refractivity contribution in [1.29, 1.82) is 0 Å². The van der Waals surface area contributed by atoms with Crippen LogP contribution in [0.1, 0.15) is 18.7 Å². The number of carbonyl (C=O) groups excluding carboxylic acids is 1. The molecule has 0 aliphatic carbocycles. The number of amides is 1. The summed E-state index contributed by atoms with van der Waals surface area (Å²) in [4.78, 5) is 19.8. The minimum absolute atomic E-state index is 0.0573. The van der Waals surface area contributed by atoms with E-state index in [2.05, 4.69) is 36.3 Å². The lowest BCUT2D eigenvalue weighted by Crippen LogP contribution is -2.40. The third-order valence-electron chi connectivity index (χ3n) is 6.60. The van der Waals surface area contributed by atoms with E-state index in [-0.39, 0.29) is 16.7 Å². The SMILES string of the molecule is O=C(Nc1ccc(S(=O)(=O)N2CCOCC2)cc1)C1CCN(Cc2nc(-c3cccc(Br)c3)no2)CC1. The molecular formula is C25H28BrN5O5S. The number of hydrogen-bond donors (Lipinski definition) is 1. The molecule has 2 aliphatic heterocycles. The lowest BCUT2D eigenvalue weighted by atomic mass is 9.96. The Morgan fingerprint density at radius 2 is 1.78 bits per heavy atom. The second-order valence-electron chi connectivity index (χ2n) is 9.10. The molecule has 0 spiro atoms. The first-order valence-electron chi connectivity index (χ1n) is 12.2. The molecule has 1 aromatic heterocycles. The molecule has 37 heavy (non-hydrogen) atoms. The number of carbonyl (C=O) groups is 1. The summed E-state index contributed by atoms with van der Waals surface area (Å²) < 4.78 is 38.6. The Morgan fingerprint density at radius 3 is 2.49 bits per heavy atom. The van der Waals surface area contributed by atoms with E-state index in [1.807, 2.05) is 24.3 Å². The van der Waals surface area contributed by atoms with Crippen molar-refractivity contribution >= 4 is 37.5 Å². The number of rotatable bonds is 7. The van der Waals surface area contributed by atoms with Crippen LogP contribution in [0, 0.1) is 5.92 Å². The van der Waals surface area contributed by atoms with Gasteiger partial charge in [-0.15, -0.1) is 0 Å². The van der Waals surface area contributed by atoms with E-state index in [0.29, 0.717) is 63.1 Å². The third-order valence-corrected chi connectivity index (χ3v) is 9.00. The van der Waals surface area contributed by atoms with Gasteiger partial charge < -0.3 is 14.6 Å². The van der Waals surface area contributed by atoms with Crippen LogP contribution in [0.4, 0.5) is 5.69 Å². The molecule has 2 aliphatic rings. The van der Waals surface area contributed by atoms with E-state index >= 15 is 0 Å². The molecule has 0 radical (unpaired) electrons. The maximum atomic E-state index is 12.8. The molecule has 0 saturated carbocycles. The summed E-state index contributed by atoms with van der Waals surface area (Å²) in [5, 5.41) is 7.02. The van der Waals surface area contributed by atoms with Crippen molar-refractivity contribution in [2.75, 3.05) is 44.7 Å². The van der Waals surface area contributed by atoms with Gasteiger partial charge >= 0.3 is 0 Å². The van der Waals surface area contributed by atoms with Gasteiger partial charge in [0.05, 0.1) is 24.7 Å². The quantitative estimate of drug-likeness (QED) is 0.445. The Kier molecular flexibility index (Phi) is 8.01. The molecule has 2 saturated heterocycles. The van der Waals surface area contributed by atoms with Crippen molar-refractivity contribution in [1.82, 2.24) is 19.3 Å². The largest absolute Gasteiger partial charge is 0.379 e. The van der Waals surface area contributed by atoms with Crippen LogP contribution in [0.5, 0.6) is 0 Å². The Morgan fingerprint density at radius 1 is 1.05 bits per heavy atom. The molecule has 1 N–H and O–H groups in total. The summed E-state index contributed by atoms with van der Waals surface area (Å²) in [5.74, 6) is 0.922. The fourth-order valence-electron chi connectivity index (χ4n) is 4.50. The highest BCUT2D eigenvalue weighted by Gasteiger charge is 2.28. The van der Waals surface area contributed by atoms with E-state index < -0.39 is 10.0 Å². The predicted molar refractivity (Wildman–Crippen MR) is 140 cm³/mol. The van der Waals surface area contributed by atoms with Crippen LogP contribution in [-0.4, -0.2) is 73.1 Å². The molecule has 0 unspecified atom stereocenters. The van der Waals surface area contributed by atoms with Gasteiger partial charge in [-0.05, 0) is 62.3 Å². The molecule has 3 aromatic rings. The summed E-state index contributed by atoms with van der Waals surface area (Å²) in [6.07, 6.45) is 1.42. The first kappa shape index (κ1) is 26.0. The topological polar surface area (TPSA) is 118 Å². The van der Waals surface area contributed by atoms with Crippen molar-refractivity contribution < 1.29 is 22.5 Å². The maximum absolute atomic E-state index is 12.8. The second-order valence-corrected chi connectivity index (χ2v) is 12.0. The summed E-state index contributed by atoms with van der Waals surface area (Å²) >= 11 is 3.45. The van der Waals surface area contributed by atoms with Crippen LogP contribution in [-0.2, 0) is 26.1 Å². The number of ether oxygens (including phenoxy) is 1. The van der Waals surface area contributed by atoms with Crippen LogP contribution in [0.25, 0.3) is 11.4 Å². The van der Waals surface area contributed by atoms with Gasteiger partial charge in [-0.25, -0.2) is 8.42 Å². The summed E-state index contributed by atoms with van der Waals surface area (Å²) in [6, 6.07) is 14.1. The molecule has 1 amide bonds. The molecule has 0 atom stereocenters. The van der Waals surface area contributed by atoms with Crippen LogP contribution in [0.3, 0.4) is 0 Å². The van der Waals surface area contributed by atoms with Crippen molar-refractivity contribution in [2.24, 2.45) is 5.92 Å². The van der Waals surface area contributed by atoms with Gasteiger partial charge in [-0.3, -0.25) is 9.69 Å². The number of hydrogen-bond acceptors (Lipinski definition) is 8. The highest BCUT2D eigenvalue weighted by atomic mass is 79.9. The Hall–Kier alpha value is -2.64. The summed E-state index contributed by atoms with van der Waals surface area (Å²) in [5.41, 5.74) is 1.46. The minimum atomic E-state index is -3.56. The van der Waals surface area contributed by atoms with Crippen LogP contribution in [0.15, 0.2) is 62.4 Å². The van der Waals surface area contributed by atoms with E-state index in [9.17, 15) is 13.2 Å². The number of nitrogens with zero attached hydrogens (tertiary/aromatic N) is 4. The first-order chi connectivity index (χ1) is 17.9. The van der Waals surface area contributed by atoms with Gasteiger partial charge in [0.2, 0.25) is 27.6 Å². The number of halogens is 1. The Labute approximate surface area is 224 Å². The van der Waals surface area contributed by atoms with Gasteiger partial charge in [-0.1, -0.05) is 33.2 Å². The van der Waals surface area contributed by atoms with Crippen LogP contribution < -0.4 is 5.32 Å². The Bertz CT molecular complexity index is 1330. The average molecular weight is 590 g/mol. The predicted octanol–water partition coefficient (Wildman–Crippen LogP) is 3.37. The number of sulfonamides is 1. The lowest BCUT2D eigenvalue weighted by molar-refractivity contribution is -0.121. The van der Waals surface area contributed by atoms with Crippen LogP contribution in [0.2, 0.25) is 0 Å². The molecule has 3 heterocycles. The highest BCUT2D eigenvalue weighted by Crippen LogP contribution is 2.24. The number of aromatic nitrogens is 2. The maximum Gasteiger partial charge on any atom is 0.243 e. The van der Waals surface area contributed by atoms with E-state index in [0.717, 1.165) is 23.1 Å². The van der Waals surface area contributed by atoms with Crippen molar-refractivity contribution in [2.45, 2.75) is 24.3 Å². The fourth-order valence-corrected chi connectivity index (χ4v) is 6.31. The highest BCUT2D eigenvalue weighted by molar-refractivity contribution is 9.10. The van der Waals surface area contributed by atoms with Gasteiger partial charge in [0.1, 0.15) is 0 Å². The summed E-state index contributed by atoms with van der Waals surface area (Å²) in [6.45, 7) is 3.50. The van der Waals surface area contributed by atoms with Gasteiger partial charge in [-0.2, -0.15) is 9.29 Å². The first-order valence-corrected chi connectivity index (χ1v) is 14.4. The molecule has 12 heteroatoms.